The van der Waals surface area contributed by atoms with Crippen molar-refractivity contribution >= 4 is 51.9 Å². The van der Waals surface area contributed by atoms with Gasteiger partial charge in [0.05, 0.1) is 29.8 Å². The fraction of sp³-hybridized carbons (Fsp3) is 0.520. The maximum atomic E-state index is 14.5. The third-order valence-electron chi connectivity index (χ3n) is 15.1. The number of rotatable bonds is 12. The van der Waals surface area contributed by atoms with E-state index in [1.807, 2.05) is 25.1 Å². The summed E-state index contributed by atoms with van der Waals surface area (Å²) in [5, 5.41) is 9.82. The van der Waals surface area contributed by atoms with Gasteiger partial charge in [0.2, 0.25) is 11.8 Å². The highest BCUT2D eigenvalue weighted by Crippen LogP contribution is 2.53. The van der Waals surface area contributed by atoms with Crippen molar-refractivity contribution in [1.29, 1.82) is 0 Å². The lowest BCUT2D eigenvalue weighted by Gasteiger charge is -2.53. The van der Waals surface area contributed by atoms with E-state index in [4.69, 9.17) is 15.2 Å². The lowest BCUT2D eigenvalue weighted by Crippen LogP contribution is -2.54. The Hall–Kier alpha value is -6.01. The standard InChI is InChI=1S/C50H57FN6O8/c1-3-32-38(54-47(61)44(32)51)27-65-40-15-13-31(34-21-36(45(52)59)41(64-2)22-35(34)40)12-11-28-7-9-29(10-8-28)26-56-19-17-50(18-20-56)23-30(24-50)25-53-37-6-4-5-33-43(37)49(63)57(48(33)62)39-14-16-42(58)55-46(39)60/h4-6,13,15,21-22,28-30,32,38-39,44,53H,3,7-10,14,16-20,23-27H2,1-2H3,(H2,52,59)(H,54,61)(H,55,58,60)/t28-,29-,32-,38+,39?,44-/m0/s1. The number of likely N-dealkylation sites (tertiary alicyclic amines) is 1. The van der Waals surface area contributed by atoms with E-state index in [0.717, 1.165) is 68.6 Å². The van der Waals surface area contributed by atoms with Gasteiger partial charge in [-0.1, -0.05) is 24.8 Å². The smallest absolute Gasteiger partial charge is 0.264 e. The molecule has 6 amide bonds. The van der Waals surface area contributed by atoms with Gasteiger partial charge in [0.25, 0.3) is 23.6 Å². The summed E-state index contributed by atoms with van der Waals surface area (Å²) in [6.45, 7) is 5.94. The predicted molar refractivity (Wildman–Crippen MR) is 240 cm³/mol. The molecule has 4 heterocycles. The fourth-order valence-electron chi connectivity index (χ4n) is 11.4. The summed E-state index contributed by atoms with van der Waals surface area (Å²) in [4.78, 5) is 79.1. The van der Waals surface area contributed by atoms with Gasteiger partial charge in [-0.05, 0) is 131 Å². The molecule has 65 heavy (non-hydrogen) atoms. The molecule has 1 spiro atoms. The highest BCUT2D eigenvalue weighted by Gasteiger charge is 2.48. The minimum absolute atomic E-state index is 0.0837. The molecule has 14 nitrogen and oxygen atoms in total. The first kappa shape index (κ1) is 44.2. The van der Waals surface area contributed by atoms with Crippen molar-refractivity contribution < 1.29 is 42.6 Å². The van der Waals surface area contributed by atoms with Crippen LogP contribution >= 0.6 is 0 Å². The number of nitrogens with zero attached hydrogens (tertiary/aromatic N) is 2. The SMILES string of the molecule is CC[C@@H]1[C@H](F)C(=O)N[C@@H]1COc1ccc(C#C[C@H]2CC[C@H](CN3CCC4(CC3)CC(CNc3cccc5c3C(=O)N(C3CCC(=O)NC3=O)C5=O)C4)CC2)c2cc(C(N)=O)c(OC)cc12. The molecule has 0 radical (unpaired) electrons. The first-order valence-electron chi connectivity index (χ1n) is 23.2. The molecule has 15 heteroatoms. The summed E-state index contributed by atoms with van der Waals surface area (Å²) in [5.74, 6) is 5.40. The summed E-state index contributed by atoms with van der Waals surface area (Å²) in [5.41, 5.74) is 8.27. The second-order valence-corrected chi connectivity index (χ2v) is 19.1. The number of carbonyl (C=O) groups excluding carboxylic acids is 6. The third-order valence-corrected chi connectivity index (χ3v) is 15.1. The zero-order valence-electron chi connectivity index (χ0n) is 37.0. The summed E-state index contributed by atoms with van der Waals surface area (Å²) in [6, 6.07) is 10.9. The number of benzene rings is 3. The zero-order chi connectivity index (χ0) is 45.6. The van der Waals surface area contributed by atoms with Crippen LogP contribution in [0.1, 0.15) is 114 Å². The molecule has 2 aliphatic carbocycles. The van der Waals surface area contributed by atoms with Gasteiger partial charge in [-0.15, -0.1) is 0 Å². The molecule has 2 saturated carbocycles. The number of primary amides is 1. The number of nitrogens with two attached hydrogens (primary N) is 1. The Bertz CT molecular complexity index is 2490. The average Bonchev–Trinajstić information content (AvgIpc) is 3.72. The maximum absolute atomic E-state index is 14.5. The predicted octanol–water partition coefficient (Wildman–Crippen LogP) is 5.35. The van der Waals surface area contributed by atoms with Gasteiger partial charge in [-0.25, -0.2) is 4.39 Å². The number of piperidine rings is 2. The Morgan fingerprint density at radius 3 is 2.42 bits per heavy atom. The number of anilines is 1. The molecule has 5 N–H and O–H groups in total. The molecule has 0 bridgehead atoms. The van der Waals surface area contributed by atoms with E-state index >= 15 is 0 Å². The summed E-state index contributed by atoms with van der Waals surface area (Å²) < 4.78 is 26.2. The molecular formula is C50H57FN6O8. The second-order valence-electron chi connectivity index (χ2n) is 19.1. The fourth-order valence-corrected chi connectivity index (χ4v) is 11.4. The van der Waals surface area contributed by atoms with E-state index in [9.17, 15) is 33.2 Å². The lowest BCUT2D eigenvalue weighted by molar-refractivity contribution is -0.136. The Balaban J connectivity index is 0.752. The van der Waals surface area contributed by atoms with Crippen molar-refractivity contribution in [3.63, 3.8) is 0 Å². The molecule has 6 aliphatic rings. The van der Waals surface area contributed by atoms with E-state index in [0.29, 0.717) is 63.7 Å². The molecule has 342 valence electrons. The van der Waals surface area contributed by atoms with Crippen molar-refractivity contribution in [1.82, 2.24) is 20.4 Å². The average molecular weight is 889 g/mol. The van der Waals surface area contributed by atoms with Crippen LogP contribution in [0, 0.1) is 40.9 Å². The summed E-state index contributed by atoms with van der Waals surface area (Å²) in [6.07, 6.45) is 8.02. The van der Waals surface area contributed by atoms with Crippen LogP contribution in [0.25, 0.3) is 10.8 Å². The van der Waals surface area contributed by atoms with Crippen molar-refractivity contribution in [2.24, 2.45) is 34.8 Å². The van der Waals surface area contributed by atoms with Gasteiger partial charge in [0.1, 0.15) is 24.1 Å². The monoisotopic (exact) mass is 888 g/mol. The van der Waals surface area contributed by atoms with Crippen LogP contribution in [0.2, 0.25) is 0 Å². The van der Waals surface area contributed by atoms with Crippen molar-refractivity contribution in [3.8, 4) is 23.3 Å². The van der Waals surface area contributed by atoms with Crippen LogP contribution in [-0.4, -0.2) is 103 Å². The van der Waals surface area contributed by atoms with E-state index in [-0.39, 0.29) is 36.5 Å². The first-order valence-corrected chi connectivity index (χ1v) is 23.2. The van der Waals surface area contributed by atoms with E-state index < -0.39 is 59.6 Å². The molecule has 5 fully saturated rings. The highest BCUT2D eigenvalue weighted by molar-refractivity contribution is 6.25. The Morgan fingerprint density at radius 2 is 1.71 bits per heavy atom. The third kappa shape index (κ3) is 8.65. The van der Waals surface area contributed by atoms with Gasteiger partial charge >= 0.3 is 0 Å². The van der Waals surface area contributed by atoms with Crippen LogP contribution < -0.4 is 31.2 Å². The van der Waals surface area contributed by atoms with Crippen LogP contribution in [-0.2, 0) is 14.4 Å². The Labute approximate surface area is 377 Å². The molecule has 3 saturated heterocycles. The van der Waals surface area contributed by atoms with E-state index in [1.165, 1.54) is 20.0 Å². The molecule has 4 aliphatic heterocycles. The summed E-state index contributed by atoms with van der Waals surface area (Å²) in [7, 11) is 1.47. The number of amides is 6. The quantitative estimate of drug-likeness (QED) is 0.136. The van der Waals surface area contributed by atoms with Crippen molar-refractivity contribution in [2.45, 2.75) is 95.8 Å². The van der Waals surface area contributed by atoms with Crippen molar-refractivity contribution in [2.75, 3.05) is 45.2 Å². The first-order chi connectivity index (χ1) is 31.3. The maximum Gasteiger partial charge on any atom is 0.264 e. The number of hydrogen-bond donors (Lipinski definition) is 4. The van der Waals surface area contributed by atoms with Gasteiger partial charge < -0.3 is 30.7 Å². The van der Waals surface area contributed by atoms with Gasteiger partial charge in [0.15, 0.2) is 6.17 Å². The van der Waals surface area contributed by atoms with Crippen molar-refractivity contribution in [3.05, 3.63) is 64.7 Å². The topological polar surface area (TPSA) is 189 Å². The normalized spacial score (nSPS) is 26.6. The zero-order valence-corrected chi connectivity index (χ0v) is 37.0. The molecule has 3 aromatic rings. The molecule has 3 aromatic carbocycles. The largest absolute Gasteiger partial charge is 0.496 e. The number of methoxy groups -OCH3 is 1. The summed E-state index contributed by atoms with van der Waals surface area (Å²) >= 11 is 0. The number of imide groups is 2. The van der Waals surface area contributed by atoms with Crippen LogP contribution in [0.4, 0.5) is 10.1 Å². The van der Waals surface area contributed by atoms with Gasteiger partial charge in [-0.3, -0.25) is 39.0 Å². The van der Waals surface area contributed by atoms with E-state index in [1.54, 1.807) is 24.3 Å². The second kappa shape index (κ2) is 18.1. The number of nitrogens with one attached hydrogen (secondary N) is 3. The molecule has 1 unspecified atom stereocenters. The number of halogens is 1. The van der Waals surface area contributed by atoms with E-state index in [2.05, 4.69) is 32.7 Å². The Kier molecular flexibility index (Phi) is 12.3. The van der Waals surface area contributed by atoms with Gasteiger partial charge in [0, 0.05) is 53.4 Å². The Morgan fingerprint density at radius 1 is 0.938 bits per heavy atom. The number of hydrogen-bond acceptors (Lipinski definition) is 10. The van der Waals surface area contributed by atoms with Gasteiger partial charge in [-0.2, -0.15) is 0 Å². The number of fused-ring (bicyclic) bond motifs is 2. The highest BCUT2D eigenvalue weighted by atomic mass is 19.1. The minimum atomic E-state index is -1.56. The number of carbonyl (C=O) groups is 6. The minimum Gasteiger partial charge on any atom is -0.496 e. The molecule has 4 atom stereocenters. The molecule has 9 rings (SSSR count). The van der Waals surface area contributed by atoms with Crippen LogP contribution in [0.15, 0.2) is 42.5 Å². The molecular weight excluding hydrogens is 832 g/mol. The molecule has 0 aromatic heterocycles. The lowest BCUT2D eigenvalue weighted by atomic mass is 9.57. The van der Waals surface area contributed by atoms with Crippen LogP contribution in [0.5, 0.6) is 11.5 Å². The number of ether oxygens (including phenoxy) is 2. The number of alkyl halides is 1. The van der Waals surface area contributed by atoms with Crippen LogP contribution in [0.3, 0.4) is 0 Å².